The van der Waals surface area contributed by atoms with Gasteiger partial charge in [-0.3, -0.25) is 0 Å². The number of nitrogens with zero attached hydrogens (tertiary/aromatic N) is 1. The number of furan rings is 1. The molecule has 0 saturated heterocycles. The van der Waals surface area contributed by atoms with Crippen LogP contribution in [0.4, 0.5) is 5.82 Å². The molecule has 0 bridgehead atoms. The van der Waals surface area contributed by atoms with Crippen molar-refractivity contribution in [3.8, 4) is 0 Å². The van der Waals surface area contributed by atoms with E-state index in [9.17, 15) is 0 Å². The summed E-state index contributed by atoms with van der Waals surface area (Å²) in [5, 5.41) is 7.30. The summed E-state index contributed by atoms with van der Waals surface area (Å²) in [7, 11) is 0. The van der Waals surface area contributed by atoms with Gasteiger partial charge in [-0.2, -0.15) is 0 Å². The first-order chi connectivity index (χ1) is 9.45. The molecule has 0 amide bonds. The Hall–Kier alpha value is -1.30. The number of aromatic nitrogens is 1. The molecular formula is C13H13Cl2N3OS. The van der Waals surface area contributed by atoms with Crippen LogP contribution in [-0.4, -0.2) is 10.1 Å². The first-order valence-corrected chi connectivity index (χ1v) is 7.05. The summed E-state index contributed by atoms with van der Waals surface area (Å²) in [5.74, 6) is 2.14. The topological polar surface area (TPSA) is 50.1 Å². The van der Waals surface area contributed by atoms with Crippen molar-refractivity contribution < 1.29 is 4.42 Å². The molecule has 2 heterocycles. The number of hydrogen-bond acceptors (Lipinski definition) is 3. The van der Waals surface area contributed by atoms with Gasteiger partial charge < -0.3 is 15.1 Å². The van der Waals surface area contributed by atoms with Gasteiger partial charge in [0.2, 0.25) is 0 Å². The number of halogens is 2. The van der Waals surface area contributed by atoms with Crippen molar-refractivity contribution in [3.63, 3.8) is 0 Å². The molecule has 0 atom stereocenters. The molecule has 2 aromatic rings. The minimum Gasteiger partial charge on any atom is -0.465 e. The lowest BCUT2D eigenvalue weighted by Gasteiger charge is -2.11. The van der Waals surface area contributed by atoms with Crippen LogP contribution in [0, 0.1) is 13.8 Å². The monoisotopic (exact) mass is 329 g/mol. The second-order valence-electron chi connectivity index (χ2n) is 4.21. The predicted octanol–water partition coefficient (Wildman–Crippen LogP) is 4.08. The average molecular weight is 330 g/mol. The molecule has 4 nitrogen and oxygen atoms in total. The lowest BCUT2D eigenvalue weighted by Crippen LogP contribution is -2.28. The molecule has 0 spiro atoms. The second-order valence-corrected chi connectivity index (χ2v) is 5.43. The molecule has 20 heavy (non-hydrogen) atoms. The first-order valence-electron chi connectivity index (χ1n) is 5.88. The Kier molecular flexibility index (Phi) is 4.86. The van der Waals surface area contributed by atoms with E-state index >= 15 is 0 Å². The van der Waals surface area contributed by atoms with Gasteiger partial charge in [-0.05, 0) is 44.3 Å². The van der Waals surface area contributed by atoms with E-state index in [1.165, 1.54) is 0 Å². The Labute approximate surface area is 132 Å². The number of nitrogens with one attached hydrogen (secondary N) is 2. The summed E-state index contributed by atoms with van der Waals surface area (Å²) in [4.78, 5) is 4.25. The van der Waals surface area contributed by atoms with Gasteiger partial charge in [0.15, 0.2) is 10.9 Å². The van der Waals surface area contributed by atoms with E-state index in [2.05, 4.69) is 15.6 Å². The van der Waals surface area contributed by atoms with Gasteiger partial charge in [-0.25, -0.2) is 4.98 Å². The fraction of sp³-hybridized carbons (Fsp3) is 0.231. The standard InChI is InChI=1S/C13H13Cl2N3OS/c1-7-3-4-9(19-7)6-16-13(20)18-12-11(15)5-10(14)8(2)17-12/h3-5H,6H2,1-2H3,(H2,16,17,18,20). The largest absolute Gasteiger partial charge is 0.465 e. The van der Waals surface area contributed by atoms with Crippen molar-refractivity contribution in [2.45, 2.75) is 20.4 Å². The quantitative estimate of drug-likeness (QED) is 0.831. The Bertz CT molecular complexity index is 643. The van der Waals surface area contributed by atoms with E-state index in [1.807, 2.05) is 19.1 Å². The Morgan fingerprint density at radius 3 is 2.70 bits per heavy atom. The van der Waals surface area contributed by atoms with E-state index in [4.69, 9.17) is 39.8 Å². The van der Waals surface area contributed by atoms with Crippen LogP contribution in [0.25, 0.3) is 0 Å². The minimum absolute atomic E-state index is 0.412. The van der Waals surface area contributed by atoms with E-state index in [0.717, 1.165) is 11.5 Å². The van der Waals surface area contributed by atoms with Gasteiger partial charge in [-0.15, -0.1) is 0 Å². The van der Waals surface area contributed by atoms with Crippen molar-refractivity contribution in [2.75, 3.05) is 5.32 Å². The molecule has 0 unspecified atom stereocenters. The van der Waals surface area contributed by atoms with Crippen molar-refractivity contribution >= 4 is 46.4 Å². The van der Waals surface area contributed by atoms with Crippen LogP contribution in [0.3, 0.4) is 0 Å². The zero-order chi connectivity index (χ0) is 14.7. The third-order valence-corrected chi connectivity index (χ3v) is 3.47. The van der Waals surface area contributed by atoms with E-state index < -0.39 is 0 Å². The Morgan fingerprint density at radius 2 is 2.05 bits per heavy atom. The Morgan fingerprint density at radius 1 is 1.30 bits per heavy atom. The predicted molar refractivity (Wildman–Crippen MR) is 85.5 cm³/mol. The van der Waals surface area contributed by atoms with Gasteiger partial charge in [0, 0.05) is 0 Å². The number of hydrogen-bond donors (Lipinski definition) is 2. The molecule has 2 N–H and O–H groups in total. The van der Waals surface area contributed by atoms with Gasteiger partial charge >= 0.3 is 0 Å². The summed E-state index contributed by atoms with van der Waals surface area (Å²) in [6.07, 6.45) is 0. The van der Waals surface area contributed by atoms with Crippen LogP contribution in [0.1, 0.15) is 17.2 Å². The summed E-state index contributed by atoms with van der Waals surface area (Å²) >= 11 is 17.2. The Balaban J connectivity index is 1.96. The maximum atomic E-state index is 6.05. The molecule has 0 aliphatic rings. The molecule has 0 saturated carbocycles. The van der Waals surface area contributed by atoms with E-state index in [1.54, 1.807) is 13.0 Å². The number of rotatable bonds is 3. The van der Waals surface area contributed by atoms with Gasteiger partial charge in [0.1, 0.15) is 11.5 Å². The number of thiocarbonyl (C=S) groups is 1. The highest BCUT2D eigenvalue weighted by Crippen LogP contribution is 2.25. The summed E-state index contributed by atoms with van der Waals surface area (Å²) in [5.41, 5.74) is 0.683. The van der Waals surface area contributed by atoms with Gasteiger partial charge in [0.05, 0.1) is 22.3 Å². The normalized spacial score (nSPS) is 10.4. The van der Waals surface area contributed by atoms with Crippen LogP contribution in [0.5, 0.6) is 0 Å². The number of aryl methyl sites for hydroxylation is 2. The third kappa shape index (κ3) is 3.85. The van der Waals surface area contributed by atoms with Crippen molar-refractivity contribution in [1.29, 1.82) is 0 Å². The summed E-state index contributed by atoms with van der Waals surface area (Å²) < 4.78 is 5.43. The number of anilines is 1. The lowest BCUT2D eigenvalue weighted by molar-refractivity contribution is 0.478. The highest BCUT2D eigenvalue weighted by molar-refractivity contribution is 7.80. The van der Waals surface area contributed by atoms with E-state index in [0.29, 0.717) is 33.2 Å². The molecule has 0 aliphatic heterocycles. The van der Waals surface area contributed by atoms with Crippen LogP contribution >= 0.6 is 35.4 Å². The zero-order valence-corrected chi connectivity index (χ0v) is 13.3. The molecule has 0 radical (unpaired) electrons. The van der Waals surface area contributed by atoms with Crippen LogP contribution in [0.2, 0.25) is 10.0 Å². The van der Waals surface area contributed by atoms with Crippen molar-refractivity contribution in [1.82, 2.24) is 10.3 Å². The SMILES string of the molecule is Cc1ccc(CNC(=S)Nc2nc(C)c(Cl)cc2Cl)o1. The molecule has 2 rings (SSSR count). The maximum absolute atomic E-state index is 6.05. The van der Waals surface area contributed by atoms with Crippen LogP contribution in [-0.2, 0) is 6.54 Å². The highest BCUT2D eigenvalue weighted by Gasteiger charge is 2.08. The van der Waals surface area contributed by atoms with Crippen LogP contribution < -0.4 is 10.6 Å². The first kappa shape index (κ1) is 15.1. The molecule has 106 valence electrons. The van der Waals surface area contributed by atoms with Gasteiger partial charge in [0.25, 0.3) is 0 Å². The third-order valence-electron chi connectivity index (χ3n) is 2.56. The van der Waals surface area contributed by atoms with Crippen molar-refractivity contribution in [3.05, 3.63) is 45.5 Å². The zero-order valence-electron chi connectivity index (χ0n) is 11.0. The smallest absolute Gasteiger partial charge is 0.172 e. The molecule has 0 aromatic carbocycles. The average Bonchev–Trinajstić information content (AvgIpc) is 2.79. The maximum Gasteiger partial charge on any atom is 0.172 e. The molecule has 0 aliphatic carbocycles. The molecule has 7 heteroatoms. The second kappa shape index (κ2) is 6.43. The van der Waals surface area contributed by atoms with Crippen molar-refractivity contribution in [2.24, 2.45) is 0 Å². The fourth-order valence-electron chi connectivity index (χ4n) is 1.55. The highest BCUT2D eigenvalue weighted by atomic mass is 35.5. The fourth-order valence-corrected chi connectivity index (χ4v) is 2.12. The molecular weight excluding hydrogens is 317 g/mol. The van der Waals surface area contributed by atoms with Gasteiger partial charge in [-0.1, -0.05) is 23.2 Å². The summed E-state index contributed by atoms with van der Waals surface area (Å²) in [6.45, 7) is 4.18. The number of pyridine rings is 1. The minimum atomic E-state index is 0.412. The summed E-state index contributed by atoms with van der Waals surface area (Å²) in [6, 6.07) is 5.42. The molecule has 0 fully saturated rings. The van der Waals surface area contributed by atoms with E-state index in [-0.39, 0.29) is 0 Å². The molecule has 2 aromatic heterocycles. The van der Waals surface area contributed by atoms with Crippen LogP contribution in [0.15, 0.2) is 22.6 Å². The lowest BCUT2D eigenvalue weighted by atomic mass is 10.3.